The molecule has 1 aliphatic rings. The molecule has 0 radical (unpaired) electrons. The molecule has 0 N–H and O–H groups in total. The number of anilines is 1. The van der Waals surface area contributed by atoms with Gasteiger partial charge in [0.15, 0.2) is 0 Å². The fourth-order valence-corrected chi connectivity index (χ4v) is 3.55. The number of nitro groups is 1. The molecule has 9 heteroatoms. The first-order valence-electron chi connectivity index (χ1n) is 9.05. The number of halogens is 1. The standard InChI is InChI=1S/C22H13BrN2O6/c23-14-10-8-13(9-11-14)12-31-22(28)15-4-1-2-6-17(15)24-20(26)16-5-3-7-18(25(29)30)19(16)21(24)27/h1-11H,12H2. The molecule has 31 heavy (non-hydrogen) atoms. The molecule has 0 spiro atoms. The molecule has 3 aromatic rings. The van der Waals surface area contributed by atoms with Gasteiger partial charge in [0.05, 0.1) is 21.7 Å². The van der Waals surface area contributed by atoms with Gasteiger partial charge in [0.1, 0.15) is 12.2 Å². The van der Waals surface area contributed by atoms with E-state index in [0.717, 1.165) is 21.0 Å². The van der Waals surface area contributed by atoms with Crippen LogP contribution in [0.1, 0.15) is 36.6 Å². The van der Waals surface area contributed by atoms with Crippen molar-refractivity contribution in [2.24, 2.45) is 0 Å². The van der Waals surface area contributed by atoms with Crippen molar-refractivity contribution < 1.29 is 24.0 Å². The van der Waals surface area contributed by atoms with E-state index in [2.05, 4.69) is 15.9 Å². The quantitative estimate of drug-likeness (QED) is 0.230. The van der Waals surface area contributed by atoms with E-state index in [1.54, 1.807) is 24.3 Å². The van der Waals surface area contributed by atoms with Crippen LogP contribution in [0.2, 0.25) is 0 Å². The average molecular weight is 481 g/mol. The number of carbonyl (C=O) groups excluding carboxylic acids is 3. The minimum Gasteiger partial charge on any atom is -0.457 e. The number of fused-ring (bicyclic) bond motifs is 1. The average Bonchev–Trinajstić information content (AvgIpc) is 3.03. The second-order valence-electron chi connectivity index (χ2n) is 6.62. The van der Waals surface area contributed by atoms with Crippen molar-refractivity contribution in [2.45, 2.75) is 6.61 Å². The van der Waals surface area contributed by atoms with Crippen LogP contribution in [0, 0.1) is 10.1 Å². The third-order valence-electron chi connectivity index (χ3n) is 4.74. The van der Waals surface area contributed by atoms with E-state index in [1.807, 2.05) is 12.1 Å². The molecule has 8 nitrogen and oxygen atoms in total. The molecule has 1 aliphatic heterocycles. The Bertz CT molecular complexity index is 1240. The lowest BCUT2D eigenvalue weighted by atomic mass is 10.1. The number of imide groups is 1. The summed E-state index contributed by atoms with van der Waals surface area (Å²) in [5, 5.41) is 11.3. The Kier molecular flexibility index (Phi) is 5.35. The maximum Gasteiger partial charge on any atom is 0.340 e. The largest absolute Gasteiger partial charge is 0.457 e. The number of carbonyl (C=O) groups is 3. The topological polar surface area (TPSA) is 107 Å². The van der Waals surface area contributed by atoms with Crippen LogP contribution in [0.15, 0.2) is 71.2 Å². The van der Waals surface area contributed by atoms with Crippen molar-refractivity contribution >= 4 is 45.1 Å². The van der Waals surface area contributed by atoms with Crippen molar-refractivity contribution in [2.75, 3.05) is 4.90 Å². The summed E-state index contributed by atoms with van der Waals surface area (Å²) < 4.78 is 6.23. The molecule has 1 heterocycles. The molecule has 4 rings (SSSR count). The van der Waals surface area contributed by atoms with E-state index < -0.39 is 28.4 Å². The summed E-state index contributed by atoms with van der Waals surface area (Å²) >= 11 is 3.33. The van der Waals surface area contributed by atoms with Gasteiger partial charge in [-0.1, -0.05) is 46.3 Å². The van der Waals surface area contributed by atoms with E-state index in [4.69, 9.17) is 4.74 Å². The van der Waals surface area contributed by atoms with Gasteiger partial charge in [0.2, 0.25) is 0 Å². The highest BCUT2D eigenvalue weighted by Gasteiger charge is 2.43. The highest BCUT2D eigenvalue weighted by atomic mass is 79.9. The van der Waals surface area contributed by atoms with Crippen LogP contribution >= 0.6 is 15.9 Å². The zero-order valence-electron chi connectivity index (χ0n) is 15.8. The fourth-order valence-electron chi connectivity index (χ4n) is 3.29. The van der Waals surface area contributed by atoms with Crippen molar-refractivity contribution in [3.05, 3.63) is 104 Å². The molecule has 0 saturated carbocycles. The van der Waals surface area contributed by atoms with E-state index in [9.17, 15) is 24.5 Å². The van der Waals surface area contributed by atoms with Gasteiger partial charge in [0.25, 0.3) is 17.5 Å². The number of esters is 1. The van der Waals surface area contributed by atoms with E-state index in [-0.39, 0.29) is 29.0 Å². The number of benzene rings is 3. The van der Waals surface area contributed by atoms with Gasteiger partial charge in [-0.3, -0.25) is 19.7 Å². The summed E-state index contributed by atoms with van der Waals surface area (Å²) in [7, 11) is 0. The number of nitro benzene ring substituents is 1. The molecule has 154 valence electrons. The number of para-hydroxylation sites is 1. The summed E-state index contributed by atoms with van der Waals surface area (Å²) in [5.41, 5.74) is -0.0904. The normalized spacial score (nSPS) is 12.6. The minimum absolute atomic E-state index is 0.00299. The summed E-state index contributed by atoms with van der Waals surface area (Å²) in [4.78, 5) is 50.0. The fraction of sp³-hybridized carbons (Fsp3) is 0.0455. The van der Waals surface area contributed by atoms with Gasteiger partial charge >= 0.3 is 5.97 Å². The first-order chi connectivity index (χ1) is 14.9. The maximum absolute atomic E-state index is 13.0. The summed E-state index contributed by atoms with van der Waals surface area (Å²) in [5.74, 6) is -2.33. The van der Waals surface area contributed by atoms with Gasteiger partial charge in [0, 0.05) is 10.5 Å². The maximum atomic E-state index is 13.0. The lowest BCUT2D eigenvalue weighted by Crippen LogP contribution is -2.31. The number of ether oxygens (including phenoxy) is 1. The molecular formula is C22H13BrN2O6. The molecule has 2 amide bonds. The van der Waals surface area contributed by atoms with Crippen molar-refractivity contribution in [1.29, 1.82) is 0 Å². The van der Waals surface area contributed by atoms with Gasteiger partial charge in [-0.25, -0.2) is 9.69 Å². The zero-order valence-corrected chi connectivity index (χ0v) is 17.4. The van der Waals surface area contributed by atoms with Gasteiger partial charge < -0.3 is 4.74 Å². The molecule has 0 aromatic heterocycles. The Morgan fingerprint density at radius 2 is 1.68 bits per heavy atom. The van der Waals surface area contributed by atoms with Gasteiger partial charge in [-0.05, 0) is 35.9 Å². The summed E-state index contributed by atoms with van der Waals surface area (Å²) in [6.45, 7) is -0.00591. The third-order valence-corrected chi connectivity index (χ3v) is 5.27. The number of hydrogen-bond donors (Lipinski definition) is 0. The zero-order chi connectivity index (χ0) is 22.1. The van der Waals surface area contributed by atoms with Gasteiger partial charge in [-0.15, -0.1) is 0 Å². The molecule has 0 bridgehead atoms. The number of amides is 2. The van der Waals surface area contributed by atoms with Crippen LogP contribution < -0.4 is 4.90 Å². The Morgan fingerprint density at radius 3 is 2.39 bits per heavy atom. The Hall–Kier alpha value is -3.85. The van der Waals surface area contributed by atoms with Crippen LogP contribution in [-0.2, 0) is 11.3 Å². The molecule has 0 unspecified atom stereocenters. The lowest BCUT2D eigenvalue weighted by molar-refractivity contribution is -0.385. The van der Waals surface area contributed by atoms with Crippen LogP contribution in [0.5, 0.6) is 0 Å². The second kappa shape index (κ2) is 8.11. The molecular weight excluding hydrogens is 468 g/mol. The van der Waals surface area contributed by atoms with Crippen molar-refractivity contribution in [3.8, 4) is 0 Å². The second-order valence-corrected chi connectivity index (χ2v) is 7.54. The molecule has 0 saturated heterocycles. The number of nitrogens with zero attached hydrogens (tertiary/aromatic N) is 2. The minimum atomic E-state index is -0.861. The van der Waals surface area contributed by atoms with Crippen molar-refractivity contribution in [1.82, 2.24) is 0 Å². The van der Waals surface area contributed by atoms with E-state index in [0.29, 0.717) is 0 Å². The Morgan fingerprint density at radius 1 is 0.968 bits per heavy atom. The predicted molar refractivity (Wildman–Crippen MR) is 114 cm³/mol. The first-order valence-corrected chi connectivity index (χ1v) is 9.84. The van der Waals surface area contributed by atoms with E-state index >= 15 is 0 Å². The van der Waals surface area contributed by atoms with Gasteiger partial charge in [-0.2, -0.15) is 0 Å². The SMILES string of the molecule is O=C(OCc1ccc(Br)cc1)c1ccccc1N1C(=O)c2cccc([N+](=O)[O-])c2C1=O. The summed E-state index contributed by atoms with van der Waals surface area (Å²) in [6.07, 6.45) is 0. The lowest BCUT2D eigenvalue weighted by Gasteiger charge is -2.17. The number of rotatable bonds is 5. The highest BCUT2D eigenvalue weighted by Crippen LogP contribution is 2.35. The third kappa shape index (κ3) is 3.71. The van der Waals surface area contributed by atoms with Crippen LogP contribution in [-0.4, -0.2) is 22.7 Å². The van der Waals surface area contributed by atoms with Crippen molar-refractivity contribution in [3.63, 3.8) is 0 Å². The molecule has 0 atom stereocenters. The molecule has 3 aromatic carbocycles. The molecule has 0 aliphatic carbocycles. The van der Waals surface area contributed by atoms with E-state index in [1.165, 1.54) is 24.3 Å². The van der Waals surface area contributed by atoms with Crippen LogP contribution in [0.4, 0.5) is 11.4 Å². The smallest absolute Gasteiger partial charge is 0.340 e. The van der Waals surface area contributed by atoms with Crippen LogP contribution in [0.3, 0.4) is 0 Å². The Labute approximate surface area is 184 Å². The highest BCUT2D eigenvalue weighted by molar-refractivity contribution is 9.10. The number of hydrogen-bond acceptors (Lipinski definition) is 6. The monoisotopic (exact) mass is 480 g/mol. The van der Waals surface area contributed by atoms with Crippen LogP contribution in [0.25, 0.3) is 0 Å². The Balaban J connectivity index is 1.66. The molecule has 0 fully saturated rings. The first kappa shape index (κ1) is 20.4. The summed E-state index contributed by atoms with van der Waals surface area (Å²) in [6, 6.07) is 17.0. The predicted octanol–water partition coefficient (Wildman–Crippen LogP) is 4.51.